The van der Waals surface area contributed by atoms with Crippen LogP contribution in [-0.4, -0.2) is 34.4 Å². The number of hydrogen-bond acceptors (Lipinski definition) is 5. The van der Waals surface area contributed by atoms with E-state index in [9.17, 15) is 9.59 Å². The van der Waals surface area contributed by atoms with Gasteiger partial charge in [0.05, 0.1) is 12.4 Å². The molecule has 1 aliphatic carbocycles. The number of Topliss-reactive ketones (excluding diaryl/α,β-unsaturated/α-hetero) is 1. The van der Waals surface area contributed by atoms with Crippen molar-refractivity contribution in [3.05, 3.63) is 77.9 Å². The van der Waals surface area contributed by atoms with E-state index in [4.69, 9.17) is 10.5 Å². The van der Waals surface area contributed by atoms with Crippen LogP contribution in [0.3, 0.4) is 0 Å². The molecule has 1 aromatic heterocycles. The number of nitrogens with two attached hydrogens (primary N) is 1. The molecule has 1 aliphatic rings. The van der Waals surface area contributed by atoms with Gasteiger partial charge in [0.2, 0.25) is 0 Å². The number of aromatic amines is 1. The first-order valence-corrected chi connectivity index (χ1v) is 8.77. The number of nitrogens with zero attached hydrogens (tertiary/aromatic N) is 1. The number of ether oxygens (including phenoxy) is 1. The van der Waals surface area contributed by atoms with Crippen molar-refractivity contribution in [2.45, 2.75) is 18.4 Å². The topological polar surface area (TPSA) is 98.1 Å². The monoisotopic (exact) mass is 361 g/mol. The van der Waals surface area contributed by atoms with Crippen LogP contribution >= 0.6 is 0 Å². The molecule has 0 fully saturated rings. The molecule has 136 valence electrons. The van der Waals surface area contributed by atoms with Crippen molar-refractivity contribution in [3.8, 4) is 11.1 Å². The summed E-state index contributed by atoms with van der Waals surface area (Å²) in [6.45, 7) is 0.107. The highest BCUT2D eigenvalue weighted by molar-refractivity contribution is 6.35. The van der Waals surface area contributed by atoms with Gasteiger partial charge in [-0.25, -0.2) is 9.78 Å². The minimum atomic E-state index is -0.957. The van der Waals surface area contributed by atoms with Crippen LogP contribution in [0.1, 0.15) is 22.7 Å². The summed E-state index contributed by atoms with van der Waals surface area (Å²) in [5.41, 5.74) is 11.0. The van der Waals surface area contributed by atoms with E-state index in [1.165, 1.54) is 6.33 Å². The van der Waals surface area contributed by atoms with E-state index in [-0.39, 0.29) is 18.9 Å². The lowest BCUT2D eigenvalue weighted by Gasteiger charge is -2.15. The van der Waals surface area contributed by atoms with E-state index in [0.29, 0.717) is 5.69 Å². The molecule has 4 rings (SSSR count). The molecule has 0 saturated heterocycles. The number of nitrogens with one attached hydrogen (secondary N) is 1. The number of H-pyrrole nitrogens is 1. The normalized spacial score (nSPS) is 13.7. The third-order valence-corrected chi connectivity index (χ3v) is 4.88. The van der Waals surface area contributed by atoms with Gasteiger partial charge in [-0.15, -0.1) is 0 Å². The average Bonchev–Trinajstić information content (AvgIpc) is 3.31. The van der Waals surface area contributed by atoms with Gasteiger partial charge in [0, 0.05) is 24.2 Å². The molecule has 0 bridgehead atoms. The zero-order valence-electron chi connectivity index (χ0n) is 14.6. The molecule has 0 unspecified atom stereocenters. The second-order valence-corrected chi connectivity index (χ2v) is 6.58. The van der Waals surface area contributed by atoms with Crippen molar-refractivity contribution in [1.29, 1.82) is 0 Å². The van der Waals surface area contributed by atoms with Crippen molar-refractivity contribution < 1.29 is 14.3 Å². The molecule has 0 aliphatic heterocycles. The molecule has 3 N–H and O–H groups in total. The quantitative estimate of drug-likeness (QED) is 0.518. The molecule has 0 spiro atoms. The van der Waals surface area contributed by atoms with Crippen molar-refractivity contribution in [2.24, 2.45) is 5.73 Å². The summed E-state index contributed by atoms with van der Waals surface area (Å²) in [4.78, 5) is 31.2. The molecule has 3 aromatic rings. The smallest absolute Gasteiger partial charge is 0.376 e. The number of fused-ring (bicyclic) bond motifs is 3. The molecule has 27 heavy (non-hydrogen) atoms. The molecule has 6 heteroatoms. The van der Waals surface area contributed by atoms with Gasteiger partial charge >= 0.3 is 5.97 Å². The van der Waals surface area contributed by atoms with E-state index < -0.39 is 17.8 Å². The van der Waals surface area contributed by atoms with Crippen LogP contribution in [0.4, 0.5) is 0 Å². The fourth-order valence-corrected chi connectivity index (χ4v) is 3.55. The Morgan fingerprint density at radius 1 is 1.07 bits per heavy atom. The summed E-state index contributed by atoms with van der Waals surface area (Å²) in [5, 5.41) is 0. The zero-order valence-corrected chi connectivity index (χ0v) is 14.6. The summed E-state index contributed by atoms with van der Waals surface area (Å²) in [7, 11) is 0. The van der Waals surface area contributed by atoms with Gasteiger partial charge in [-0.3, -0.25) is 4.79 Å². The molecular weight excluding hydrogens is 342 g/mol. The van der Waals surface area contributed by atoms with Gasteiger partial charge < -0.3 is 15.5 Å². The first-order valence-electron chi connectivity index (χ1n) is 8.77. The molecule has 1 atom stereocenters. The predicted molar refractivity (Wildman–Crippen MR) is 100.0 cm³/mol. The van der Waals surface area contributed by atoms with E-state index in [1.807, 2.05) is 36.4 Å². The van der Waals surface area contributed by atoms with Crippen LogP contribution in [-0.2, 0) is 20.7 Å². The Labute approximate surface area is 156 Å². The van der Waals surface area contributed by atoms with Gasteiger partial charge in [-0.1, -0.05) is 48.5 Å². The fraction of sp³-hybridized carbons (Fsp3) is 0.190. The van der Waals surface area contributed by atoms with E-state index in [0.717, 1.165) is 22.3 Å². The second-order valence-electron chi connectivity index (χ2n) is 6.58. The van der Waals surface area contributed by atoms with Crippen LogP contribution in [0.25, 0.3) is 11.1 Å². The predicted octanol–water partition coefficient (Wildman–Crippen LogP) is 2.20. The second kappa shape index (κ2) is 7.17. The maximum Gasteiger partial charge on any atom is 0.376 e. The number of hydrogen-bond donors (Lipinski definition) is 2. The summed E-state index contributed by atoms with van der Waals surface area (Å²) in [6.07, 6.45) is 3.29. The lowest BCUT2D eigenvalue weighted by atomic mass is 9.98. The molecule has 0 amide bonds. The van der Waals surface area contributed by atoms with Crippen molar-refractivity contribution in [2.75, 3.05) is 6.61 Å². The number of imidazole rings is 1. The van der Waals surface area contributed by atoms with Gasteiger partial charge in [-0.05, 0) is 22.3 Å². The Hall–Kier alpha value is -3.25. The van der Waals surface area contributed by atoms with E-state index in [2.05, 4.69) is 22.1 Å². The maximum absolute atomic E-state index is 12.2. The minimum Gasteiger partial charge on any atom is -0.459 e. The number of aromatic nitrogens is 2. The Morgan fingerprint density at radius 2 is 1.70 bits per heavy atom. The SMILES string of the molecule is N[C@@H](Cc1cnc[nH]1)C(=O)C(=O)OCC1c2ccccc2-c2ccccc21. The fourth-order valence-electron chi connectivity index (χ4n) is 3.55. The third kappa shape index (κ3) is 3.27. The molecule has 6 nitrogen and oxygen atoms in total. The zero-order chi connectivity index (χ0) is 18.8. The standard InChI is InChI=1S/C21H19N3O3/c22-19(9-13-10-23-12-24-13)20(25)21(26)27-11-18-16-7-3-1-5-14(16)15-6-2-4-8-17(15)18/h1-8,10,12,18-19H,9,11,22H2,(H,23,24)/t19-/m0/s1. The molecule has 0 radical (unpaired) electrons. The van der Waals surface area contributed by atoms with Crippen LogP contribution in [0.2, 0.25) is 0 Å². The molecule has 2 aromatic carbocycles. The number of rotatable bonds is 6. The Bertz CT molecular complexity index is 936. The average molecular weight is 361 g/mol. The lowest BCUT2D eigenvalue weighted by molar-refractivity contribution is -0.154. The highest BCUT2D eigenvalue weighted by Gasteiger charge is 2.31. The highest BCUT2D eigenvalue weighted by atomic mass is 16.5. The Kier molecular flexibility index (Phi) is 4.56. The minimum absolute atomic E-state index is 0.0852. The van der Waals surface area contributed by atoms with Crippen molar-refractivity contribution in [3.63, 3.8) is 0 Å². The van der Waals surface area contributed by atoms with Crippen molar-refractivity contribution in [1.82, 2.24) is 9.97 Å². The van der Waals surface area contributed by atoms with Crippen LogP contribution in [0, 0.1) is 0 Å². The number of carbonyl (C=O) groups is 2. The molecular formula is C21H19N3O3. The Morgan fingerprint density at radius 3 is 2.30 bits per heavy atom. The highest BCUT2D eigenvalue weighted by Crippen LogP contribution is 2.44. The maximum atomic E-state index is 12.2. The summed E-state index contributed by atoms with van der Waals surface area (Å²) in [6, 6.07) is 15.1. The van der Waals surface area contributed by atoms with Gasteiger partial charge in [-0.2, -0.15) is 0 Å². The first-order chi connectivity index (χ1) is 13.1. The number of carbonyl (C=O) groups excluding carboxylic acids is 2. The van der Waals surface area contributed by atoms with Crippen LogP contribution < -0.4 is 5.73 Å². The largest absolute Gasteiger partial charge is 0.459 e. The Balaban J connectivity index is 1.45. The van der Waals surface area contributed by atoms with E-state index >= 15 is 0 Å². The van der Waals surface area contributed by atoms with Gasteiger partial charge in [0.25, 0.3) is 5.78 Å². The van der Waals surface area contributed by atoms with Crippen LogP contribution in [0.15, 0.2) is 61.1 Å². The van der Waals surface area contributed by atoms with Gasteiger partial charge in [0.15, 0.2) is 0 Å². The molecule has 1 heterocycles. The third-order valence-electron chi connectivity index (χ3n) is 4.88. The van der Waals surface area contributed by atoms with Crippen LogP contribution in [0.5, 0.6) is 0 Å². The number of esters is 1. The summed E-state index contributed by atoms with van der Waals surface area (Å²) >= 11 is 0. The first kappa shape index (κ1) is 17.2. The van der Waals surface area contributed by atoms with Gasteiger partial charge in [0.1, 0.15) is 6.61 Å². The summed E-state index contributed by atoms with van der Waals surface area (Å²) in [5.74, 6) is -1.72. The lowest BCUT2D eigenvalue weighted by Crippen LogP contribution is -2.39. The number of ketones is 1. The molecule has 0 saturated carbocycles. The van der Waals surface area contributed by atoms with Crippen molar-refractivity contribution >= 4 is 11.8 Å². The van der Waals surface area contributed by atoms with E-state index in [1.54, 1.807) is 6.20 Å². The number of benzene rings is 2. The summed E-state index contributed by atoms with van der Waals surface area (Å²) < 4.78 is 5.35.